The van der Waals surface area contributed by atoms with Crippen LogP contribution in [0.1, 0.15) is 56.7 Å². The van der Waals surface area contributed by atoms with Crippen LogP contribution < -0.4 is 5.69 Å². The van der Waals surface area contributed by atoms with E-state index in [2.05, 4.69) is 37.5 Å². The Morgan fingerprint density at radius 3 is 2.42 bits per heavy atom. The number of aromatic nitrogens is 4. The molecular formula is C27H29IN4O4. The molecule has 0 saturated heterocycles. The van der Waals surface area contributed by atoms with E-state index in [1.165, 1.54) is 4.57 Å². The molecule has 9 heteroatoms. The first-order chi connectivity index (χ1) is 17.0. The molecule has 0 radical (unpaired) electrons. The molecule has 8 nitrogen and oxygen atoms in total. The molecule has 0 saturated carbocycles. The molecule has 4 aromatic rings. The van der Waals surface area contributed by atoms with Gasteiger partial charge in [-0.05, 0) is 66.6 Å². The number of nitrogens with one attached hydrogen (secondary N) is 2. The largest absolute Gasteiger partial charge is 0.493 e. The highest BCUT2D eigenvalue weighted by atomic mass is 127. The van der Waals surface area contributed by atoms with E-state index in [9.17, 15) is 14.7 Å². The van der Waals surface area contributed by atoms with Crippen molar-refractivity contribution >= 4 is 28.6 Å². The van der Waals surface area contributed by atoms with Crippen molar-refractivity contribution in [1.29, 1.82) is 0 Å². The van der Waals surface area contributed by atoms with E-state index < -0.39 is 23.3 Å². The summed E-state index contributed by atoms with van der Waals surface area (Å²) in [5, 5.41) is 11.1. The first-order valence-corrected chi connectivity index (χ1v) is 12.7. The van der Waals surface area contributed by atoms with Gasteiger partial charge in [0, 0.05) is 9.49 Å². The van der Waals surface area contributed by atoms with Crippen molar-refractivity contribution in [2.45, 2.75) is 51.7 Å². The molecule has 0 aliphatic rings. The zero-order valence-corrected chi connectivity index (χ0v) is 22.7. The lowest BCUT2D eigenvalue weighted by molar-refractivity contribution is -0.154. The van der Waals surface area contributed by atoms with Crippen LogP contribution in [-0.2, 0) is 16.0 Å². The average molecular weight is 600 g/mol. The second-order valence-corrected chi connectivity index (χ2v) is 10.9. The molecule has 188 valence electrons. The van der Waals surface area contributed by atoms with Crippen molar-refractivity contribution in [3.8, 4) is 17.1 Å². The molecule has 0 aliphatic carbocycles. The summed E-state index contributed by atoms with van der Waals surface area (Å²) >= 11 is 2.25. The zero-order valence-electron chi connectivity index (χ0n) is 20.6. The van der Waals surface area contributed by atoms with Crippen LogP contribution in [0.2, 0.25) is 0 Å². The number of H-pyrrole nitrogens is 2. The van der Waals surface area contributed by atoms with Crippen molar-refractivity contribution < 1.29 is 14.6 Å². The van der Waals surface area contributed by atoms with Crippen molar-refractivity contribution in [2.75, 3.05) is 0 Å². The van der Waals surface area contributed by atoms with Crippen molar-refractivity contribution in [1.82, 2.24) is 19.5 Å². The fourth-order valence-corrected chi connectivity index (χ4v) is 4.53. The van der Waals surface area contributed by atoms with Crippen LogP contribution in [0.15, 0.2) is 65.6 Å². The molecule has 0 aliphatic heterocycles. The van der Waals surface area contributed by atoms with Crippen LogP contribution in [0.25, 0.3) is 11.3 Å². The summed E-state index contributed by atoms with van der Waals surface area (Å²) in [6, 6.07) is 17.0. The Labute approximate surface area is 222 Å². The summed E-state index contributed by atoms with van der Waals surface area (Å²) in [5.74, 6) is -0.584. The average Bonchev–Trinajstić information content (AvgIpc) is 3.40. The van der Waals surface area contributed by atoms with E-state index in [0.29, 0.717) is 5.82 Å². The Kier molecular flexibility index (Phi) is 7.39. The lowest BCUT2D eigenvalue weighted by Crippen LogP contribution is -2.27. The molecule has 2 aromatic heterocycles. The summed E-state index contributed by atoms with van der Waals surface area (Å²) in [5.41, 5.74) is 1.60. The van der Waals surface area contributed by atoms with Crippen LogP contribution in [0.5, 0.6) is 5.88 Å². The van der Waals surface area contributed by atoms with Crippen molar-refractivity contribution in [2.24, 2.45) is 0 Å². The Bertz CT molecular complexity index is 1400. The number of carbonyl (C=O) groups excluding carboxylic acids is 1. The second kappa shape index (κ2) is 10.3. The standard InChI is InChI=1S/C27H29IN4O4/c1-16(17-8-6-5-7-9-17)23(24-29-15-21(30-24)18-10-12-19(28)13-11-18)32-25(34)20(31-26(32)35)14-22(33)36-27(2,3)4/h5-13,15-16,23,34H,14H2,1-4H3,(H,29,30)(H,31,35)/t16-,23-/m0/s1. The van der Waals surface area contributed by atoms with E-state index in [1.54, 1.807) is 27.0 Å². The summed E-state index contributed by atoms with van der Waals surface area (Å²) in [6.45, 7) is 7.26. The zero-order chi connectivity index (χ0) is 26.0. The molecule has 0 unspecified atom stereocenters. The Morgan fingerprint density at radius 2 is 1.78 bits per heavy atom. The number of carbonyl (C=O) groups is 1. The van der Waals surface area contributed by atoms with Gasteiger partial charge in [0.15, 0.2) is 0 Å². The number of imidazole rings is 2. The first kappa shape index (κ1) is 25.7. The van der Waals surface area contributed by atoms with Gasteiger partial charge >= 0.3 is 11.7 Å². The minimum Gasteiger partial charge on any atom is -0.493 e. The van der Waals surface area contributed by atoms with Gasteiger partial charge in [0.25, 0.3) is 0 Å². The number of hydrogen-bond acceptors (Lipinski definition) is 5. The molecule has 4 rings (SSSR count). The SMILES string of the molecule is C[C@@H](c1ccccc1)[C@@H](c1ncc(-c2ccc(I)cc2)[nH]1)n1c(O)c(CC(=O)OC(C)(C)C)[nH]c1=O. The molecule has 2 atom stereocenters. The molecule has 36 heavy (non-hydrogen) atoms. The molecule has 3 N–H and O–H groups in total. The third-order valence-corrected chi connectivity index (χ3v) is 6.54. The first-order valence-electron chi connectivity index (χ1n) is 11.6. The monoisotopic (exact) mass is 600 g/mol. The van der Waals surface area contributed by atoms with E-state index in [0.717, 1.165) is 20.4 Å². The molecule has 0 bridgehead atoms. The minimum absolute atomic E-state index is 0.101. The summed E-state index contributed by atoms with van der Waals surface area (Å²) in [7, 11) is 0. The molecule has 2 aromatic carbocycles. The number of ether oxygens (including phenoxy) is 1. The molecular weight excluding hydrogens is 571 g/mol. The lowest BCUT2D eigenvalue weighted by Gasteiger charge is -2.24. The fraction of sp³-hybridized carbons (Fsp3) is 0.296. The lowest BCUT2D eigenvalue weighted by atomic mass is 9.92. The van der Waals surface area contributed by atoms with E-state index in [1.807, 2.05) is 61.5 Å². The highest BCUT2D eigenvalue weighted by Gasteiger charge is 2.31. The molecule has 2 heterocycles. The Balaban J connectivity index is 1.77. The molecule has 0 fully saturated rings. The number of nitrogens with zero attached hydrogens (tertiary/aromatic N) is 2. The van der Waals surface area contributed by atoms with Gasteiger partial charge in [-0.2, -0.15) is 0 Å². The Hall–Kier alpha value is -3.34. The second-order valence-electron chi connectivity index (χ2n) is 9.70. The smallest absolute Gasteiger partial charge is 0.329 e. The third kappa shape index (κ3) is 5.72. The third-order valence-electron chi connectivity index (χ3n) is 5.82. The number of aromatic amines is 2. The van der Waals surface area contributed by atoms with Gasteiger partial charge in [-0.15, -0.1) is 0 Å². The normalized spacial score (nSPS) is 13.4. The van der Waals surface area contributed by atoms with Gasteiger partial charge in [0.05, 0.1) is 24.0 Å². The summed E-state index contributed by atoms with van der Waals surface area (Å²) in [4.78, 5) is 36.1. The van der Waals surface area contributed by atoms with Gasteiger partial charge in [-0.25, -0.2) is 9.78 Å². The van der Waals surface area contributed by atoms with Gasteiger partial charge in [0.2, 0.25) is 5.88 Å². The van der Waals surface area contributed by atoms with E-state index in [-0.39, 0.29) is 23.9 Å². The fourth-order valence-electron chi connectivity index (χ4n) is 4.17. The predicted octanol–water partition coefficient (Wildman–Crippen LogP) is 5.15. The topological polar surface area (TPSA) is 113 Å². The van der Waals surface area contributed by atoms with Gasteiger partial charge in [-0.3, -0.25) is 9.36 Å². The van der Waals surface area contributed by atoms with Crippen LogP contribution in [0.3, 0.4) is 0 Å². The number of esters is 1. The number of hydrogen-bond donors (Lipinski definition) is 3. The maximum absolute atomic E-state index is 13.1. The van der Waals surface area contributed by atoms with Crippen LogP contribution in [-0.4, -0.2) is 36.2 Å². The number of aromatic hydroxyl groups is 1. The maximum Gasteiger partial charge on any atom is 0.329 e. The Morgan fingerprint density at radius 1 is 1.11 bits per heavy atom. The minimum atomic E-state index is -0.681. The van der Waals surface area contributed by atoms with E-state index >= 15 is 0 Å². The quantitative estimate of drug-likeness (QED) is 0.201. The van der Waals surface area contributed by atoms with Crippen molar-refractivity contribution in [3.63, 3.8) is 0 Å². The van der Waals surface area contributed by atoms with Crippen LogP contribution in [0, 0.1) is 3.57 Å². The van der Waals surface area contributed by atoms with Crippen LogP contribution in [0.4, 0.5) is 0 Å². The highest BCUT2D eigenvalue weighted by molar-refractivity contribution is 14.1. The number of benzene rings is 2. The van der Waals surface area contributed by atoms with Gasteiger partial charge in [0.1, 0.15) is 17.5 Å². The van der Waals surface area contributed by atoms with Crippen LogP contribution >= 0.6 is 22.6 Å². The summed E-state index contributed by atoms with van der Waals surface area (Å²) < 4.78 is 7.74. The predicted molar refractivity (Wildman–Crippen MR) is 146 cm³/mol. The molecule has 0 amide bonds. The van der Waals surface area contributed by atoms with Gasteiger partial charge < -0.3 is 19.8 Å². The van der Waals surface area contributed by atoms with Gasteiger partial charge in [-0.1, -0.05) is 49.4 Å². The maximum atomic E-state index is 13.1. The number of rotatable bonds is 7. The van der Waals surface area contributed by atoms with Crippen molar-refractivity contribution in [3.05, 3.63) is 91.9 Å². The van der Waals surface area contributed by atoms with E-state index in [4.69, 9.17) is 4.74 Å². The summed E-state index contributed by atoms with van der Waals surface area (Å²) in [6.07, 6.45) is 1.46. The molecule has 0 spiro atoms. The number of halogens is 1. The highest BCUT2D eigenvalue weighted by Crippen LogP contribution is 2.36.